The van der Waals surface area contributed by atoms with Crippen molar-refractivity contribution in [2.24, 2.45) is 0 Å². The fourth-order valence-corrected chi connectivity index (χ4v) is 2.64. The van der Waals surface area contributed by atoms with Crippen LogP contribution in [0.25, 0.3) is 16.7 Å². The average molecular weight is 345 g/mol. The van der Waals surface area contributed by atoms with Gasteiger partial charge in [-0.15, -0.1) is 0 Å². The summed E-state index contributed by atoms with van der Waals surface area (Å²) in [5.74, 6) is 0. The van der Waals surface area contributed by atoms with Gasteiger partial charge in [0, 0.05) is 12.6 Å². The fourth-order valence-electron chi connectivity index (χ4n) is 2.64. The summed E-state index contributed by atoms with van der Waals surface area (Å²) < 4.78 is 14.9. The van der Waals surface area contributed by atoms with Gasteiger partial charge in [0.15, 0.2) is 5.65 Å². The Morgan fingerprint density at radius 3 is 2.76 bits per heavy atom. The molecule has 130 valence electrons. The SMILES string of the molecule is O=c1c2cnn(-c3ccccc3[N+](=O)[O-])c2ncn1CCCCCF. The summed E-state index contributed by atoms with van der Waals surface area (Å²) in [6, 6.07) is 6.14. The van der Waals surface area contributed by atoms with E-state index in [-0.39, 0.29) is 34.6 Å². The fraction of sp³-hybridized carbons (Fsp3) is 0.312. The highest BCUT2D eigenvalue weighted by atomic mass is 19.1. The zero-order valence-electron chi connectivity index (χ0n) is 13.3. The third-order valence-electron chi connectivity index (χ3n) is 3.89. The van der Waals surface area contributed by atoms with Crippen molar-refractivity contribution in [1.82, 2.24) is 19.3 Å². The molecule has 0 saturated heterocycles. The Balaban J connectivity index is 2.00. The monoisotopic (exact) mass is 345 g/mol. The number of aromatic nitrogens is 4. The molecule has 9 heteroatoms. The molecule has 0 bridgehead atoms. The molecule has 0 N–H and O–H groups in total. The predicted octanol–water partition coefficient (Wildman–Crippen LogP) is 2.63. The molecule has 0 aliphatic carbocycles. The van der Waals surface area contributed by atoms with Crippen LogP contribution in [0.15, 0.2) is 41.6 Å². The van der Waals surface area contributed by atoms with Gasteiger partial charge in [0.25, 0.3) is 11.2 Å². The topological polar surface area (TPSA) is 95.8 Å². The number of para-hydroxylation sites is 2. The molecule has 2 heterocycles. The van der Waals surface area contributed by atoms with Gasteiger partial charge in [-0.2, -0.15) is 5.10 Å². The van der Waals surface area contributed by atoms with E-state index in [9.17, 15) is 19.3 Å². The van der Waals surface area contributed by atoms with E-state index in [2.05, 4.69) is 10.1 Å². The zero-order valence-corrected chi connectivity index (χ0v) is 13.3. The maximum Gasteiger partial charge on any atom is 0.294 e. The van der Waals surface area contributed by atoms with Crippen LogP contribution in [0.3, 0.4) is 0 Å². The van der Waals surface area contributed by atoms with Gasteiger partial charge in [-0.3, -0.25) is 23.9 Å². The van der Waals surface area contributed by atoms with Gasteiger partial charge in [-0.05, 0) is 25.3 Å². The van der Waals surface area contributed by atoms with E-state index in [4.69, 9.17) is 0 Å². The van der Waals surface area contributed by atoms with Gasteiger partial charge in [0.1, 0.15) is 11.1 Å². The van der Waals surface area contributed by atoms with Gasteiger partial charge in [-0.25, -0.2) is 9.67 Å². The van der Waals surface area contributed by atoms with Crippen LogP contribution in [-0.4, -0.2) is 30.9 Å². The van der Waals surface area contributed by atoms with E-state index in [0.29, 0.717) is 25.8 Å². The summed E-state index contributed by atoms with van der Waals surface area (Å²) >= 11 is 0. The van der Waals surface area contributed by atoms with Gasteiger partial charge < -0.3 is 0 Å². The average Bonchev–Trinajstić information content (AvgIpc) is 3.05. The normalized spacial score (nSPS) is 11.1. The van der Waals surface area contributed by atoms with Crippen molar-refractivity contribution >= 4 is 16.7 Å². The number of benzene rings is 1. The second kappa shape index (κ2) is 7.20. The lowest BCUT2D eigenvalue weighted by Crippen LogP contribution is -2.20. The largest absolute Gasteiger partial charge is 0.299 e. The smallest absolute Gasteiger partial charge is 0.294 e. The molecular formula is C16H16FN5O3. The van der Waals surface area contributed by atoms with E-state index < -0.39 is 4.92 Å². The first kappa shape index (κ1) is 16.7. The summed E-state index contributed by atoms with van der Waals surface area (Å²) in [6.45, 7) is 0.0766. The molecule has 0 saturated carbocycles. The molecule has 0 amide bonds. The van der Waals surface area contributed by atoms with E-state index >= 15 is 0 Å². The van der Waals surface area contributed by atoms with Gasteiger partial charge >= 0.3 is 0 Å². The number of rotatable bonds is 7. The van der Waals surface area contributed by atoms with Gasteiger partial charge in [0.05, 0.1) is 24.1 Å². The number of nitrogens with zero attached hydrogens (tertiary/aromatic N) is 5. The van der Waals surface area contributed by atoms with Crippen LogP contribution in [0.2, 0.25) is 0 Å². The highest BCUT2D eigenvalue weighted by molar-refractivity contribution is 5.76. The van der Waals surface area contributed by atoms with E-state index in [1.165, 1.54) is 27.8 Å². The van der Waals surface area contributed by atoms with Crippen molar-refractivity contribution < 1.29 is 9.31 Å². The van der Waals surface area contributed by atoms with Crippen molar-refractivity contribution in [2.75, 3.05) is 6.67 Å². The molecule has 3 aromatic rings. The maximum atomic E-state index is 12.5. The van der Waals surface area contributed by atoms with Crippen molar-refractivity contribution in [3.63, 3.8) is 0 Å². The second-order valence-electron chi connectivity index (χ2n) is 5.53. The van der Waals surface area contributed by atoms with Crippen LogP contribution in [-0.2, 0) is 6.54 Å². The van der Waals surface area contributed by atoms with Crippen molar-refractivity contribution in [3.05, 3.63) is 57.3 Å². The van der Waals surface area contributed by atoms with Gasteiger partial charge in [0.2, 0.25) is 0 Å². The molecule has 1 aromatic carbocycles. The highest BCUT2D eigenvalue weighted by Crippen LogP contribution is 2.23. The standard InChI is InChI=1S/C16H16FN5O3/c17-8-4-1-5-9-20-11-18-15-12(16(20)23)10-19-21(15)13-6-2-3-7-14(13)22(24)25/h2-3,6-7,10-11H,1,4-5,8-9H2. The molecule has 0 atom stereocenters. The minimum Gasteiger partial charge on any atom is -0.299 e. The number of alkyl halides is 1. The van der Waals surface area contributed by atoms with Crippen LogP contribution in [0.4, 0.5) is 10.1 Å². The quantitative estimate of drug-likeness (QED) is 0.373. The van der Waals surface area contributed by atoms with Crippen molar-refractivity contribution in [1.29, 1.82) is 0 Å². The predicted molar refractivity (Wildman–Crippen MR) is 89.6 cm³/mol. The highest BCUT2D eigenvalue weighted by Gasteiger charge is 2.18. The maximum absolute atomic E-state index is 12.5. The summed E-state index contributed by atoms with van der Waals surface area (Å²) in [5, 5.41) is 15.6. The molecule has 0 fully saturated rings. The minimum absolute atomic E-state index is 0.121. The van der Waals surface area contributed by atoms with Crippen LogP contribution < -0.4 is 5.56 Å². The molecule has 0 radical (unpaired) electrons. The number of hydrogen-bond donors (Lipinski definition) is 0. The number of fused-ring (bicyclic) bond motifs is 1. The Bertz CT molecular complexity index is 966. The van der Waals surface area contributed by atoms with E-state index in [1.807, 2.05) is 0 Å². The first-order valence-electron chi connectivity index (χ1n) is 7.86. The molecule has 25 heavy (non-hydrogen) atoms. The summed E-state index contributed by atoms with van der Waals surface area (Å²) in [4.78, 5) is 27.5. The Hall–Kier alpha value is -3.10. The van der Waals surface area contributed by atoms with Crippen molar-refractivity contribution in [3.8, 4) is 5.69 Å². The van der Waals surface area contributed by atoms with Crippen molar-refractivity contribution in [2.45, 2.75) is 25.8 Å². The number of unbranched alkanes of at least 4 members (excludes halogenated alkanes) is 2. The Morgan fingerprint density at radius 2 is 2.00 bits per heavy atom. The molecule has 0 aliphatic rings. The minimum atomic E-state index is -0.505. The Morgan fingerprint density at radius 1 is 1.20 bits per heavy atom. The number of hydrogen-bond acceptors (Lipinski definition) is 5. The molecular weight excluding hydrogens is 329 g/mol. The lowest BCUT2D eigenvalue weighted by atomic mass is 10.2. The lowest BCUT2D eigenvalue weighted by Gasteiger charge is -2.06. The van der Waals surface area contributed by atoms with Crippen LogP contribution in [0, 0.1) is 10.1 Å². The van der Waals surface area contributed by atoms with Crippen LogP contribution in [0.5, 0.6) is 0 Å². The van der Waals surface area contributed by atoms with Crippen LogP contribution in [0.1, 0.15) is 19.3 Å². The molecule has 0 spiro atoms. The first-order chi connectivity index (χ1) is 12.1. The summed E-state index contributed by atoms with van der Waals surface area (Å²) in [6.07, 6.45) is 4.60. The molecule has 0 aliphatic heterocycles. The zero-order chi connectivity index (χ0) is 17.8. The van der Waals surface area contributed by atoms with E-state index in [1.54, 1.807) is 18.2 Å². The summed E-state index contributed by atoms with van der Waals surface area (Å²) in [7, 11) is 0. The molecule has 0 unspecified atom stereocenters. The number of nitro groups is 1. The lowest BCUT2D eigenvalue weighted by molar-refractivity contribution is -0.384. The number of halogens is 1. The third-order valence-corrected chi connectivity index (χ3v) is 3.89. The van der Waals surface area contributed by atoms with Gasteiger partial charge in [-0.1, -0.05) is 12.1 Å². The molecule has 3 rings (SSSR count). The molecule has 2 aromatic heterocycles. The van der Waals surface area contributed by atoms with Crippen LogP contribution >= 0.6 is 0 Å². The Kier molecular flexibility index (Phi) is 4.82. The second-order valence-corrected chi connectivity index (χ2v) is 5.53. The summed E-state index contributed by atoms with van der Waals surface area (Å²) in [5.41, 5.74) is 0.120. The number of aryl methyl sites for hydroxylation is 1. The van der Waals surface area contributed by atoms with E-state index in [0.717, 1.165) is 0 Å². The number of nitro benzene ring substituents is 1. The molecule has 8 nitrogen and oxygen atoms in total. The Labute approximate surface area is 141 Å². The third kappa shape index (κ3) is 3.25. The first-order valence-corrected chi connectivity index (χ1v) is 7.86.